The minimum atomic E-state index is 0.182. The van der Waals surface area contributed by atoms with Crippen molar-refractivity contribution in [2.45, 2.75) is 6.92 Å². The molecule has 0 aliphatic carbocycles. The van der Waals surface area contributed by atoms with Crippen molar-refractivity contribution >= 4 is 5.71 Å². The van der Waals surface area contributed by atoms with Crippen LogP contribution in [0.5, 0.6) is 0 Å². The Morgan fingerprint density at radius 3 is 3.15 bits per heavy atom. The third-order valence-electron chi connectivity index (χ3n) is 1.49. The first-order valence-corrected chi connectivity index (χ1v) is 3.83. The monoisotopic (exact) mass is 177 g/mol. The summed E-state index contributed by atoms with van der Waals surface area (Å²) in [5, 5.41) is 3.81. The predicted octanol–water partition coefficient (Wildman–Crippen LogP) is 0.794. The highest BCUT2D eigenvalue weighted by atomic mass is 16.6. The molecule has 13 heavy (non-hydrogen) atoms. The van der Waals surface area contributed by atoms with Crippen molar-refractivity contribution in [1.29, 1.82) is 0 Å². The maximum atomic E-state index is 5.00. The zero-order valence-corrected chi connectivity index (χ0v) is 7.69. The van der Waals surface area contributed by atoms with E-state index in [9.17, 15) is 0 Å². The lowest BCUT2D eigenvalue weighted by Crippen LogP contribution is -2.05. The fourth-order valence-electron chi connectivity index (χ4n) is 0.921. The van der Waals surface area contributed by atoms with E-state index in [1.54, 1.807) is 6.20 Å². The largest absolute Gasteiger partial charge is 0.382 e. The average molecular weight is 177 g/mol. The van der Waals surface area contributed by atoms with Crippen LogP contribution in [0.2, 0.25) is 0 Å². The molecule has 0 saturated carbocycles. The van der Waals surface area contributed by atoms with E-state index in [0.29, 0.717) is 5.71 Å². The minimum absolute atomic E-state index is 0.182. The van der Waals surface area contributed by atoms with Gasteiger partial charge in [0.2, 0.25) is 0 Å². The van der Waals surface area contributed by atoms with Crippen LogP contribution in [0, 0.1) is 12.3 Å². The van der Waals surface area contributed by atoms with Crippen molar-refractivity contribution in [3.63, 3.8) is 0 Å². The van der Waals surface area contributed by atoms with Crippen LogP contribution in [-0.4, -0.2) is 21.9 Å². The molecule has 0 spiro atoms. The number of oxime groups is 1. The molecule has 0 bridgehead atoms. The summed E-state index contributed by atoms with van der Waals surface area (Å²) >= 11 is 0. The van der Waals surface area contributed by atoms with E-state index in [-0.39, 0.29) is 6.61 Å². The number of aryl methyl sites for hydroxylation is 1. The molecule has 1 rings (SSSR count). The van der Waals surface area contributed by atoms with Gasteiger partial charge in [-0.2, -0.15) is 0 Å². The van der Waals surface area contributed by atoms with Crippen LogP contribution in [0.4, 0.5) is 0 Å². The summed E-state index contributed by atoms with van der Waals surface area (Å²) in [7, 11) is 1.89. The van der Waals surface area contributed by atoms with Gasteiger partial charge in [0.1, 0.15) is 5.71 Å². The summed E-state index contributed by atoms with van der Waals surface area (Å²) in [5.41, 5.74) is 0.711. The molecule has 1 heterocycles. The molecule has 0 aliphatic rings. The highest BCUT2D eigenvalue weighted by Gasteiger charge is 2.02. The number of hydrogen-bond donors (Lipinski definition) is 0. The Morgan fingerprint density at radius 1 is 1.85 bits per heavy atom. The average Bonchev–Trinajstić information content (AvgIpc) is 2.52. The molecule has 0 fully saturated rings. The third-order valence-corrected chi connectivity index (χ3v) is 1.49. The van der Waals surface area contributed by atoms with Crippen molar-refractivity contribution in [2.24, 2.45) is 12.2 Å². The zero-order chi connectivity index (χ0) is 9.68. The van der Waals surface area contributed by atoms with E-state index in [2.05, 4.69) is 16.1 Å². The Bertz CT molecular complexity index is 346. The second-order valence-corrected chi connectivity index (χ2v) is 2.52. The first-order chi connectivity index (χ1) is 6.25. The zero-order valence-electron chi connectivity index (χ0n) is 7.69. The molecule has 0 atom stereocenters. The van der Waals surface area contributed by atoms with E-state index in [1.165, 1.54) is 0 Å². The minimum Gasteiger partial charge on any atom is -0.382 e. The number of rotatable bonds is 3. The summed E-state index contributed by atoms with van der Waals surface area (Å²) in [6, 6.07) is 0. The highest BCUT2D eigenvalue weighted by Crippen LogP contribution is 1.97. The van der Waals surface area contributed by atoms with Crippen molar-refractivity contribution in [3.8, 4) is 12.3 Å². The van der Waals surface area contributed by atoms with Gasteiger partial charge in [-0.15, -0.1) is 6.42 Å². The molecule has 0 saturated heterocycles. The first-order valence-electron chi connectivity index (χ1n) is 3.83. The molecule has 1 aromatic heterocycles. The fourth-order valence-corrected chi connectivity index (χ4v) is 0.921. The molecule has 1 aromatic rings. The van der Waals surface area contributed by atoms with Crippen molar-refractivity contribution in [2.75, 3.05) is 6.61 Å². The standard InChI is InChI=1S/C9H11N3O/c1-4-7-13-11-8(2)9-10-5-6-12(9)3/h1,5-6H,7H2,2-3H3/b11-8-. The number of hydrogen-bond acceptors (Lipinski definition) is 3. The normalized spacial score (nSPS) is 11.0. The Balaban J connectivity index is 2.68. The van der Waals surface area contributed by atoms with Gasteiger partial charge in [-0.25, -0.2) is 4.98 Å². The van der Waals surface area contributed by atoms with Gasteiger partial charge in [0, 0.05) is 19.4 Å². The van der Waals surface area contributed by atoms with E-state index in [0.717, 1.165) is 5.82 Å². The smallest absolute Gasteiger partial charge is 0.177 e. The summed E-state index contributed by atoms with van der Waals surface area (Å²) in [6.45, 7) is 2.00. The maximum Gasteiger partial charge on any atom is 0.177 e. The lowest BCUT2D eigenvalue weighted by Gasteiger charge is -1.99. The van der Waals surface area contributed by atoms with Crippen molar-refractivity contribution < 1.29 is 4.84 Å². The van der Waals surface area contributed by atoms with Crippen molar-refractivity contribution in [3.05, 3.63) is 18.2 Å². The lowest BCUT2D eigenvalue weighted by atomic mass is 10.4. The van der Waals surface area contributed by atoms with Gasteiger partial charge >= 0.3 is 0 Å². The van der Waals surface area contributed by atoms with Crippen LogP contribution in [-0.2, 0) is 11.9 Å². The van der Waals surface area contributed by atoms with E-state index < -0.39 is 0 Å². The molecule has 0 N–H and O–H groups in total. The van der Waals surface area contributed by atoms with Gasteiger partial charge in [-0.05, 0) is 6.92 Å². The van der Waals surface area contributed by atoms with Crippen LogP contribution in [0.15, 0.2) is 17.5 Å². The van der Waals surface area contributed by atoms with Gasteiger partial charge in [0.15, 0.2) is 12.4 Å². The Morgan fingerprint density at radius 2 is 2.62 bits per heavy atom. The van der Waals surface area contributed by atoms with Crippen LogP contribution in [0.3, 0.4) is 0 Å². The maximum absolute atomic E-state index is 5.00. The molecule has 0 aromatic carbocycles. The van der Waals surface area contributed by atoms with Crippen LogP contribution < -0.4 is 0 Å². The lowest BCUT2D eigenvalue weighted by molar-refractivity contribution is 0.179. The first kappa shape index (κ1) is 9.33. The Kier molecular flexibility index (Phi) is 3.09. The van der Waals surface area contributed by atoms with E-state index in [4.69, 9.17) is 11.3 Å². The summed E-state index contributed by atoms with van der Waals surface area (Å²) in [4.78, 5) is 8.92. The summed E-state index contributed by atoms with van der Waals surface area (Å²) < 4.78 is 1.86. The second-order valence-electron chi connectivity index (χ2n) is 2.52. The molecular formula is C9H11N3O. The van der Waals surface area contributed by atoms with Crippen LogP contribution in [0.25, 0.3) is 0 Å². The molecule has 0 amide bonds. The second kappa shape index (κ2) is 4.31. The molecule has 0 unspecified atom stereocenters. The van der Waals surface area contributed by atoms with Crippen LogP contribution in [0.1, 0.15) is 12.7 Å². The Labute approximate surface area is 77.2 Å². The third kappa shape index (κ3) is 2.34. The molecule has 0 radical (unpaired) electrons. The predicted molar refractivity (Wildman–Crippen MR) is 50.2 cm³/mol. The molecule has 4 nitrogen and oxygen atoms in total. The van der Waals surface area contributed by atoms with Gasteiger partial charge < -0.3 is 9.40 Å². The fraction of sp³-hybridized carbons (Fsp3) is 0.333. The summed E-state index contributed by atoms with van der Waals surface area (Å²) in [6.07, 6.45) is 8.54. The molecular weight excluding hydrogens is 166 g/mol. The molecule has 4 heteroatoms. The SMILES string of the molecule is C#CCO/N=C(/C)c1nccn1C. The van der Waals surface area contributed by atoms with E-state index in [1.807, 2.05) is 24.7 Å². The van der Waals surface area contributed by atoms with Crippen LogP contribution >= 0.6 is 0 Å². The van der Waals surface area contributed by atoms with Gasteiger partial charge in [-0.3, -0.25) is 0 Å². The number of aromatic nitrogens is 2. The summed E-state index contributed by atoms with van der Waals surface area (Å²) in [5.74, 6) is 3.10. The van der Waals surface area contributed by atoms with E-state index >= 15 is 0 Å². The molecule has 0 aliphatic heterocycles. The van der Waals surface area contributed by atoms with Gasteiger partial charge in [0.05, 0.1) is 0 Å². The quantitative estimate of drug-likeness (QED) is 0.296. The Hall–Kier alpha value is -1.76. The molecule has 68 valence electrons. The van der Waals surface area contributed by atoms with Crippen molar-refractivity contribution in [1.82, 2.24) is 9.55 Å². The number of terminal acetylenes is 1. The van der Waals surface area contributed by atoms with Gasteiger partial charge in [0.25, 0.3) is 0 Å². The number of imidazole rings is 1. The van der Waals surface area contributed by atoms with Gasteiger partial charge in [-0.1, -0.05) is 11.1 Å². The number of nitrogens with zero attached hydrogens (tertiary/aromatic N) is 3. The highest BCUT2D eigenvalue weighted by molar-refractivity contribution is 5.95. The topological polar surface area (TPSA) is 39.4 Å².